The molecule has 0 aliphatic carbocycles. The van der Waals surface area contributed by atoms with E-state index >= 15 is 0 Å². The molecule has 3 nitrogen and oxygen atoms in total. The molecule has 0 aromatic carbocycles. The van der Waals surface area contributed by atoms with Crippen molar-refractivity contribution in [3.8, 4) is 18.2 Å². The van der Waals surface area contributed by atoms with Crippen LogP contribution >= 0.6 is 0 Å². The fourth-order valence-electron chi connectivity index (χ4n) is 0.0750. The van der Waals surface area contributed by atoms with Gasteiger partial charge in [-0.05, 0) is 0 Å². The van der Waals surface area contributed by atoms with E-state index in [9.17, 15) is 0 Å². The van der Waals surface area contributed by atoms with E-state index in [2.05, 4.69) is 0 Å². The van der Waals surface area contributed by atoms with Gasteiger partial charge in [0.05, 0.1) is 23.5 Å². The van der Waals surface area contributed by atoms with E-state index in [1.807, 2.05) is 0 Å². The first kappa shape index (κ1) is 6.53. The van der Waals surface area contributed by atoms with E-state index < -0.39 is 13.2 Å². The molecular formula is C4H3BN3-. The first-order valence-corrected chi connectivity index (χ1v) is 1.42. The van der Waals surface area contributed by atoms with E-state index in [0.29, 0.717) is 0 Å². The number of nitriles is 3. The Morgan fingerprint density at radius 1 is 1.00 bits per heavy atom. The molecule has 0 aromatic rings. The summed E-state index contributed by atoms with van der Waals surface area (Å²) in [4.78, 5) is 0. The molecule has 0 spiro atoms. The molecule has 0 aliphatic heterocycles. The molecule has 0 atom stereocenters. The van der Waals surface area contributed by atoms with Crippen LogP contribution in [0.2, 0.25) is 5.31 Å². The van der Waals surface area contributed by atoms with Crippen LogP contribution < -0.4 is 0 Å². The van der Waals surface area contributed by atoms with E-state index in [-0.39, 0.29) is 0 Å². The maximum Gasteiger partial charge on any atom is 0.0922 e. The Morgan fingerprint density at radius 2 is 1.25 bits per heavy atom. The molecule has 0 saturated heterocycles. The lowest BCUT2D eigenvalue weighted by Gasteiger charge is -2.00. The fraction of sp³-hybridized carbons (Fsp3) is 0.250. The zero-order valence-electron chi connectivity index (χ0n) is 3.34. The van der Waals surface area contributed by atoms with Gasteiger partial charge in [-0.2, -0.15) is 15.8 Å². The summed E-state index contributed by atoms with van der Waals surface area (Å²) in [6.45, 7) is 0. The van der Waals surface area contributed by atoms with Crippen LogP contribution in [-0.4, -0.2) is 7.85 Å². The third-order valence-electron chi connectivity index (χ3n) is 0.335. The van der Waals surface area contributed by atoms with Crippen LogP contribution in [0, 0.1) is 34.0 Å². The van der Waals surface area contributed by atoms with Gasteiger partial charge in [0.1, 0.15) is 0 Å². The van der Waals surface area contributed by atoms with Crippen LogP contribution in [-0.2, 0) is 0 Å². The molecule has 0 rings (SSSR count). The summed E-state index contributed by atoms with van der Waals surface area (Å²) in [5.74, 6) is 0. The predicted molar refractivity (Wildman–Crippen MR) is 29.5 cm³/mol. The van der Waals surface area contributed by atoms with Gasteiger partial charge in [-0.3, -0.25) is 0 Å². The third kappa shape index (κ3) is 0.998. The highest BCUT2D eigenvalue weighted by atomic mass is 14.4. The second-order valence-electron chi connectivity index (χ2n) is 0.710. The molecule has 0 heterocycles. The van der Waals surface area contributed by atoms with Crippen molar-refractivity contribution in [3.63, 3.8) is 0 Å². The zero-order valence-corrected chi connectivity index (χ0v) is 3.34. The van der Waals surface area contributed by atoms with Gasteiger partial charge in [0, 0.05) is 7.85 Å². The molecular weight excluding hydrogens is 101 g/mol. The van der Waals surface area contributed by atoms with Gasteiger partial charge in [0.25, 0.3) is 0 Å². The summed E-state index contributed by atoms with van der Waals surface area (Å²) in [6.07, 6.45) is 0. The molecule has 0 aliphatic rings. The number of hydrogen-bond donors (Lipinski definition) is 0. The largest absolute Gasteiger partial charge is 0.199 e. The van der Waals surface area contributed by atoms with Gasteiger partial charge < -0.3 is 0 Å². The standard InChI is InChI=1S/C4H3BN3/c5-4(1-6,2-7)3-8/h5H3/q-1. The molecule has 4 heteroatoms. The lowest BCUT2D eigenvalue weighted by atomic mass is 9.73. The van der Waals surface area contributed by atoms with Crippen LogP contribution in [0.5, 0.6) is 0 Å². The van der Waals surface area contributed by atoms with Crippen molar-refractivity contribution < 1.29 is 0 Å². The van der Waals surface area contributed by atoms with E-state index in [1.165, 1.54) is 0 Å². The van der Waals surface area contributed by atoms with Crippen LogP contribution in [0.25, 0.3) is 0 Å². The van der Waals surface area contributed by atoms with Crippen LogP contribution in [0.15, 0.2) is 0 Å². The molecule has 8 heavy (non-hydrogen) atoms. The van der Waals surface area contributed by atoms with E-state index in [4.69, 9.17) is 15.8 Å². The smallest absolute Gasteiger partial charge is 0.0922 e. The average molecular weight is 104 g/mol. The van der Waals surface area contributed by atoms with Crippen molar-refractivity contribution in [3.05, 3.63) is 0 Å². The van der Waals surface area contributed by atoms with Gasteiger partial charge in [-0.15, -0.1) is 0 Å². The van der Waals surface area contributed by atoms with Crippen molar-refractivity contribution >= 4 is 7.85 Å². The number of rotatable bonds is 0. The zero-order chi connectivity index (χ0) is 6.62. The first-order chi connectivity index (χ1) is 3.68. The molecule has 0 amide bonds. The summed E-state index contributed by atoms with van der Waals surface area (Å²) in [5.41, 5.74) is 0. The van der Waals surface area contributed by atoms with Gasteiger partial charge in [-0.1, -0.05) is 0 Å². The summed E-state index contributed by atoms with van der Waals surface area (Å²) < 4.78 is 0. The molecule has 0 aromatic heterocycles. The van der Waals surface area contributed by atoms with Crippen molar-refractivity contribution in [1.29, 1.82) is 15.8 Å². The second-order valence-corrected chi connectivity index (χ2v) is 0.710. The maximum atomic E-state index is 8.15. The van der Waals surface area contributed by atoms with Crippen molar-refractivity contribution in [2.45, 2.75) is 5.31 Å². The third-order valence-corrected chi connectivity index (χ3v) is 0.335. The molecule has 0 saturated carbocycles. The summed E-state index contributed by atoms with van der Waals surface area (Å²) in [5, 5.41) is 23.3. The molecule has 38 valence electrons. The quantitative estimate of drug-likeness (QED) is 0.373. The Bertz CT molecular complexity index is 165. The molecule has 0 N–H and O–H groups in total. The predicted octanol–water partition coefficient (Wildman–Crippen LogP) is -0.919. The van der Waals surface area contributed by atoms with Crippen molar-refractivity contribution in [2.75, 3.05) is 0 Å². The minimum atomic E-state index is -1.21. The Kier molecular flexibility index (Phi) is 1.64. The van der Waals surface area contributed by atoms with Gasteiger partial charge in [0.2, 0.25) is 0 Å². The number of hydrogen-bond acceptors (Lipinski definition) is 3. The van der Waals surface area contributed by atoms with Crippen molar-refractivity contribution in [2.24, 2.45) is 0 Å². The molecule has 0 bridgehead atoms. The summed E-state index contributed by atoms with van der Waals surface area (Å²) >= 11 is 0. The topological polar surface area (TPSA) is 71.4 Å². The van der Waals surface area contributed by atoms with E-state index in [0.717, 1.165) is 0 Å². The lowest BCUT2D eigenvalue weighted by molar-refractivity contribution is 1.12. The second kappa shape index (κ2) is 2.00. The maximum absolute atomic E-state index is 8.15. The molecule has 0 fully saturated rings. The van der Waals surface area contributed by atoms with Crippen molar-refractivity contribution in [1.82, 2.24) is 0 Å². The van der Waals surface area contributed by atoms with Gasteiger partial charge in [0.15, 0.2) is 0 Å². The number of nitrogens with zero attached hydrogens (tertiary/aromatic N) is 3. The monoisotopic (exact) mass is 104 g/mol. The average Bonchev–Trinajstić information content (AvgIpc) is 1.87. The van der Waals surface area contributed by atoms with Crippen LogP contribution in [0.4, 0.5) is 0 Å². The molecule has 0 radical (unpaired) electrons. The summed E-state index contributed by atoms with van der Waals surface area (Å²) in [6, 6.07) is 5.00. The lowest BCUT2D eigenvalue weighted by Crippen LogP contribution is -2.01. The van der Waals surface area contributed by atoms with Crippen LogP contribution in [0.3, 0.4) is 0 Å². The Hall–Kier alpha value is -1.47. The first-order valence-electron chi connectivity index (χ1n) is 1.42. The highest BCUT2D eigenvalue weighted by molar-refractivity contribution is 6.21. The Morgan fingerprint density at radius 3 is 1.25 bits per heavy atom. The minimum Gasteiger partial charge on any atom is -0.199 e. The van der Waals surface area contributed by atoms with E-state index in [1.54, 1.807) is 18.2 Å². The Labute approximate surface area is 48.2 Å². The molecule has 0 unspecified atom stereocenters. The SMILES string of the molecule is [BH3-]C(C#N)(C#N)C#N. The minimum absolute atomic E-state index is 0.500. The fourth-order valence-corrected chi connectivity index (χ4v) is 0.0750. The van der Waals surface area contributed by atoms with Gasteiger partial charge >= 0.3 is 0 Å². The Balaban J connectivity index is 4.42. The van der Waals surface area contributed by atoms with Gasteiger partial charge in [-0.25, -0.2) is 0 Å². The summed E-state index contributed by atoms with van der Waals surface area (Å²) in [7, 11) is -0.500. The van der Waals surface area contributed by atoms with Crippen LogP contribution in [0.1, 0.15) is 0 Å². The highest BCUT2D eigenvalue weighted by Gasteiger charge is 2.13. The highest BCUT2D eigenvalue weighted by Crippen LogP contribution is 2.14. The normalized spacial score (nSPS) is 8.25.